The average molecular weight is 165 g/mol. The summed E-state index contributed by atoms with van der Waals surface area (Å²) in [6, 6.07) is 0. The first-order valence-electron chi connectivity index (χ1n) is 4.57. The van der Waals surface area contributed by atoms with E-state index < -0.39 is 0 Å². The summed E-state index contributed by atoms with van der Waals surface area (Å²) in [4.78, 5) is 4.33. The molecule has 0 rings (SSSR count). The van der Waals surface area contributed by atoms with Gasteiger partial charge < -0.3 is 0 Å². The molecule has 68 valence electrons. The highest BCUT2D eigenvalue weighted by Gasteiger charge is 1.96. The van der Waals surface area contributed by atoms with Crippen molar-refractivity contribution >= 4 is 6.21 Å². The zero-order valence-corrected chi connectivity index (χ0v) is 8.54. The largest absolute Gasteiger partial charge is 0.261 e. The van der Waals surface area contributed by atoms with E-state index in [1.165, 1.54) is 0 Å². The Kier molecular flexibility index (Phi) is 6.35. The monoisotopic (exact) mass is 165 g/mol. The van der Waals surface area contributed by atoms with Crippen LogP contribution in [0.25, 0.3) is 0 Å². The van der Waals surface area contributed by atoms with Crippen molar-refractivity contribution in [3.05, 3.63) is 23.9 Å². The summed E-state index contributed by atoms with van der Waals surface area (Å²) < 4.78 is 0. The summed E-state index contributed by atoms with van der Waals surface area (Å²) in [5.41, 5.74) is 1.15. The SMILES string of the molecule is C\C=C(/N=C\C=C/CC)C(C)C. The minimum Gasteiger partial charge on any atom is -0.261 e. The molecule has 0 spiro atoms. The van der Waals surface area contributed by atoms with Crippen molar-refractivity contribution in [2.45, 2.75) is 34.1 Å². The van der Waals surface area contributed by atoms with Crippen molar-refractivity contribution in [1.29, 1.82) is 0 Å². The molecule has 0 saturated carbocycles. The average Bonchev–Trinajstić information content (AvgIpc) is 2.04. The molecule has 0 saturated heterocycles. The molecule has 0 aliphatic rings. The Balaban J connectivity index is 4.04. The predicted molar refractivity (Wildman–Crippen MR) is 56.5 cm³/mol. The van der Waals surface area contributed by atoms with E-state index in [0.29, 0.717) is 5.92 Å². The van der Waals surface area contributed by atoms with Crippen molar-refractivity contribution in [3.63, 3.8) is 0 Å². The van der Waals surface area contributed by atoms with Crippen LogP contribution in [0.1, 0.15) is 34.1 Å². The normalized spacial score (nSPS) is 13.9. The molecule has 0 heterocycles. The molecule has 0 atom stereocenters. The lowest BCUT2D eigenvalue weighted by Gasteiger charge is -2.02. The van der Waals surface area contributed by atoms with Gasteiger partial charge in [0.15, 0.2) is 0 Å². The molecular weight excluding hydrogens is 146 g/mol. The van der Waals surface area contributed by atoms with Gasteiger partial charge in [-0.2, -0.15) is 0 Å². The molecule has 0 bridgehead atoms. The van der Waals surface area contributed by atoms with Gasteiger partial charge in [-0.05, 0) is 25.3 Å². The third kappa shape index (κ3) is 4.89. The molecule has 0 aliphatic carbocycles. The van der Waals surface area contributed by atoms with Crippen molar-refractivity contribution in [3.8, 4) is 0 Å². The van der Waals surface area contributed by atoms with Crippen LogP contribution in [0, 0.1) is 5.92 Å². The fourth-order valence-corrected chi connectivity index (χ4v) is 0.883. The third-order valence-electron chi connectivity index (χ3n) is 1.57. The lowest BCUT2D eigenvalue weighted by Crippen LogP contribution is -1.89. The highest BCUT2D eigenvalue weighted by atomic mass is 14.7. The van der Waals surface area contributed by atoms with Crippen LogP contribution >= 0.6 is 0 Å². The molecule has 0 amide bonds. The second-order valence-corrected chi connectivity index (χ2v) is 2.98. The van der Waals surface area contributed by atoms with E-state index >= 15 is 0 Å². The zero-order chi connectivity index (χ0) is 9.40. The van der Waals surface area contributed by atoms with E-state index in [9.17, 15) is 0 Å². The van der Waals surface area contributed by atoms with Gasteiger partial charge in [-0.1, -0.05) is 32.9 Å². The van der Waals surface area contributed by atoms with Crippen LogP contribution in [0.4, 0.5) is 0 Å². The van der Waals surface area contributed by atoms with Crippen LogP contribution in [-0.4, -0.2) is 6.21 Å². The van der Waals surface area contributed by atoms with Crippen molar-refractivity contribution in [1.82, 2.24) is 0 Å². The summed E-state index contributed by atoms with van der Waals surface area (Å²) >= 11 is 0. The molecule has 12 heavy (non-hydrogen) atoms. The summed E-state index contributed by atoms with van der Waals surface area (Å²) in [6.07, 6.45) is 9.07. The van der Waals surface area contributed by atoms with Crippen molar-refractivity contribution in [2.24, 2.45) is 10.9 Å². The van der Waals surface area contributed by atoms with Gasteiger partial charge in [0.1, 0.15) is 0 Å². The molecule has 0 aromatic rings. The Bertz CT molecular complexity index is 185. The maximum absolute atomic E-state index is 4.33. The molecular formula is C11H19N. The van der Waals surface area contributed by atoms with E-state index in [-0.39, 0.29) is 0 Å². The first kappa shape index (κ1) is 11.2. The second kappa shape index (κ2) is 6.84. The van der Waals surface area contributed by atoms with Gasteiger partial charge in [0.25, 0.3) is 0 Å². The quantitative estimate of drug-likeness (QED) is 0.564. The number of aliphatic imine (C=N–C) groups is 1. The Morgan fingerprint density at radius 3 is 2.50 bits per heavy atom. The maximum atomic E-state index is 4.33. The van der Waals surface area contributed by atoms with Gasteiger partial charge in [0.2, 0.25) is 0 Å². The third-order valence-corrected chi connectivity index (χ3v) is 1.57. The molecule has 1 nitrogen and oxygen atoms in total. The van der Waals surface area contributed by atoms with Gasteiger partial charge in [0, 0.05) is 11.9 Å². The smallest absolute Gasteiger partial charge is 0.0386 e. The highest BCUT2D eigenvalue weighted by molar-refractivity contribution is 5.72. The van der Waals surface area contributed by atoms with Gasteiger partial charge >= 0.3 is 0 Å². The van der Waals surface area contributed by atoms with E-state index in [1.54, 1.807) is 0 Å². The number of rotatable bonds is 4. The molecule has 0 fully saturated rings. The molecule has 0 aromatic carbocycles. The van der Waals surface area contributed by atoms with Crippen LogP contribution in [0.2, 0.25) is 0 Å². The van der Waals surface area contributed by atoms with Crippen LogP contribution < -0.4 is 0 Å². The first-order valence-corrected chi connectivity index (χ1v) is 4.57. The standard InChI is InChI=1S/C11H19N/c1-5-7-8-9-12-11(6-2)10(3)4/h6-10H,5H2,1-4H3/b8-7-,11-6-,12-9-. The summed E-state index contributed by atoms with van der Waals surface area (Å²) in [7, 11) is 0. The Morgan fingerprint density at radius 2 is 2.08 bits per heavy atom. The minimum atomic E-state index is 0.515. The first-order chi connectivity index (χ1) is 5.72. The number of nitrogens with zero attached hydrogens (tertiary/aromatic N) is 1. The van der Waals surface area contributed by atoms with E-state index in [2.05, 4.69) is 37.9 Å². The Labute approximate surface area is 75.9 Å². The summed E-state index contributed by atoms with van der Waals surface area (Å²) in [6.45, 7) is 8.44. The van der Waals surface area contributed by atoms with Gasteiger partial charge in [0.05, 0.1) is 0 Å². The van der Waals surface area contributed by atoms with E-state index in [1.807, 2.05) is 19.2 Å². The van der Waals surface area contributed by atoms with Crippen LogP contribution in [0.15, 0.2) is 28.9 Å². The van der Waals surface area contributed by atoms with Gasteiger partial charge in [-0.25, -0.2) is 0 Å². The van der Waals surface area contributed by atoms with Crippen molar-refractivity contribution in [2.75, 3.05) is 0 Å². The second-order valence-electron chi connectivity index (χ2n) is 2.98. The van der Waals surface area contributed by atoms with Crippen LogP contribution in [-0.2, 0) is 0 Å². The lowest BCUT2D eigenvalue weighted by molar-refractivity contribution is 0.757. The molecule has 1 heteroatoms. The van der Waals surface area contributed by atoms with Crippen LogP contribution in [0.5, 0.6) is 0 Å². The topological polar surface area (TPSA) is 12.4 Å². The molecule has 0 radical (unpaired) electrons. The molecule has 0 N–H and O–H groups in total. The fraction of sp³-hybridized carbons (Fsp3) is 0.545. The Morgan fingerprint density at radius 1 is 1.42 bits per heavy atom. The predicted octanol–water partition coefficient (Wildman–Crippen LogP) is 3.58. The Hall–Kier alpha value is -0.850. The maximum Gasteiger partial charge on any atom is 0.0386 e. The number of hydrogen-bond donors (Lipinski definition) is 0. The number of hydrogen-bond acceptors (Lipinski definition) is 1. The van der Waals surface area contributed by atoms with E-state index in [4.69, 9.17) is 0 Å². The minimum absolute atomic E-state index is 0.515. The summed E-state index contributed by atoms with van der Waals surface area (Å²) in [5, 5.41) is 0. The van der Waals surface area contributed by atoms with E-state index in [0.717, 1.165) is 12.1 Å². The molecule has 0 aliphatic heterocycles. The van der Waals surface area contributed by atoms with Crippen LogP contribution in [0.3, 0.4) is 0 Å². The highest BCUT2D eigenvalue weighted by Crippen LogP contribution is 2.09. The molecule has 0 aromatic heterocycles. The van der Waals surface area contributed by atoms with Gasteiger partial charge in [-0.3, -0.25) is 4.99 Å². The van der Waals surface area contributed by atoms with Crippen molar-refractivity contribution < 1.29 is 0 Å². The zero-order valence-electron chi connectivity index (χ0n) is 8.54. The number of allylic oxidation sites excluding steroid dienone is 4. The summed E-state index contributed by atoms with van der Waals surface area (Å²) in [5.74, 6) is 0.515. The molecule has 0 unspecified atom stereocenters. The van der Waals surface area contributed by atoms with Gasteiger partial charge in [-0.15, -0.1) is 0 Å². The fourth-order valence-electron chi connectivity index (χ4n) is 0.883. The lowest BCUT2D eigenvalue weighted by atomic mass is 10.1.